The van der Waals surface area contributed by atoms with Crippen LogP contribution in [-0.2, 0) is 0 Å². The van der Waals surface area contributed by atoms with E-state index >= 15 is 0 Å². The highest BCUT2D eigenvalue weighted by Crippen LogP contribution is 2.25. The highest BCUT2D eigenvalue weighted by Gasteiger charge is 2.09. The summed E-state index contributed by atoms with van der Waals surface area (Å²) >= 11 is 0. The molecule has 2 nitrogen and oxygen atoms in total. The van der Waals surface area contributed by atoms with E-state index in [2.05, 4.69) is 72.0 Å². The third-order valence-electron chi connectivity index (χ3n) is 3.65. The molecule has 2 heteroatoms. The fourth-order valence-electron chi connectivity index (χ4n) is 2.71. The van der Waals surface area contributed by atoms with Gasteiger partial charge in [-0.3, -0.25) is 4.40 Å². The number of pyridine rings is 1. The van der Waals surface area contributed by atoms with E-state index in [1.807, 2.05) is 6.07 Å². The highest BCUT2D eigenvalue weighted by atomic mass is 15.0. The van der Waals surface area contributed by atoms with Crippen LogP contribution in [0.5, 0.6) is 0 Å². The quantitative estimate of drug-likeness (QED) is 0.492. The molecule has 0 aliphatic carbocycles. The lowest BCUT2D eigenvalue weighted by Crippen LogP contribution is -1.91. The summed E-state index contributed by atoms with van der Waals surface area (Å²) in [4.78, 5) is 4.73. The maximum Gasteiger partial charge on any atom is 0.138 e. The number of hydrogen-bond acceptors (Lipinski definition) is 1. The minimum absolute atomic E-state index is 0.993. The third-order valence-corrected chi connectivity index (χ3v) is 3.65. The first kappa shape index (κ1) is 11.2. The van der Waals surface area contributed by atoms with E-state index < -0.39 is 0 Å². The van der Waals surface area contributed by atoms with E-state index in [4.69, 9.17) is 4.98 Å². The Balaban J connectivity index is 2.14. The van der Waals surface area contributed by atoms with Crippen molar-refractivity contribution in [2.45, 2.75) is 6.92 Å². The van der Waals surface area contributed by atoms with E-state index in [1.165, 1.54) is 16.8 Å². The van der Waals surface area contributed by atoms with Crippen molar-refractivity contribution in [1.29, 1.82) is 0 Å². The normalized spacial score (nSPS) is 11.2. The Labute approximate surface area is 117 Å². The Bertz CT molecular complexity index is 905. The standard InChI is InChI=1S/C18H14N2/c1-13-10-11-17-15(12-13)19-18-9-5-8-16(20(17)18)14-6-3-2-4-7-14/h2-12H,1H3. The minimum atomic E-state index is 0.993. The Kier molecular flexibility index (Phi) is 2.36. The predicted octanol–water partition coefficient (Wildman–Crippen LogP) is 4.46. The number of hydrogen-bond donors (Lipinski definition) is 0. The summed E-state index contributed by atoms with van der Waals surface area (Å²) in [5.41, 5.74) is 6.82. The van der Waals surface area contributed by atoms with Gasteiger partial charge in [-0.2, -0.15) is 0 Å². The van der Waals surface area contributed by atoms with Gasteiger partial charge in [0.2, 0.25) is 0 Å². The van der Waals surface area contributed by atoms with Crippen molar-refractivity contribution >= 4 is 16.7 Å². The van der Waals surface area contributed by atoms with E-state index in [-0.39, 0.29) is 0 Å². The molecule has 4 rings (SSSR count). The van der Waals surface area contributed by atoms with Crippen molar-refractivity contribution in [1.82, 2.24) is 9.38 Å². The van der Waals surface area contributed by atoms with E-state index in [0.29, 0.717) is 0 Å². The summed E-state index contributed by atoms with van der Waals surface area (Å²) in [6.07, 6.45) is 0. The second-order valence-corrected chi connectivity index (χ2v) is 5.07. The van der Waals surface area contributed by atoms with Gasteiger partial charge in [0.05, 0.1) is 16.7 Å². The molecular formula is C18H14N2. The van der Waals surface area contributed by atoms with Crippen molar-refractivity contribution < 1.29 is 0 Å². The van der Waals surface area contributed by atoms with Crippen LogP contribution in [0.2, 0.25) is 0 Å². The van der Waals surface area contributed by atoms with Crippen molar-refractivity contribution in [2.24, 2.45) is 0 Å². The third kappa shape index (κ3) is 1.62. The van der Waals surface area contributed by atoms with Gasteiger partial charge in [-0.05, 0) is 42.3 Å². The van der Waals surface area contributed by atoms with E-state index in [0.717, 1.165) is 16.7 Å². The highest BCUT2D eigenvalue weighted by molar-refractivity contribution is 5.84. The first-order valence-electron chi connectivity index (χ1n) is 6.76. The van der Waals surface area contributed by atoms with Gasteiger partial charge in [0.1, 0.15) is 5.65 Å². The van der Waals surface area contributed by atoms with Crippen LogP contribution >= 0.6 is 0 Å². The average molecular weight is 258 g/mol. The molecule has 0 fully saturated rings. The molecule has 0 saturated heterocycles. The Morgan fingerprint density at radius 3 is 2.55 bits per heavy atom. The molecule has 0 radical (unpaired) electrons. The predicted molar refractivity (Wildman–Crippen MR) is 82.9 cm³/mol. The number of fused-ring (bicyclic) bond motifs is 3. The zero-order valence-electron chi connectivity index (χ0n) is 11.2. The topological polar surface area (TPSA) is 17.3 Å². The van der Waals surface area contributed by atoms with Gasteiger partial charge in [-0.15, -0.1) is 0 Å². The number of aryl methyl sites for hydroxylation is 1. The maximum atomic E-state index is 4.73. The summed E-state index contributed by atoms with van der Waals surface area (Å²) < 4.78 is 2.23. The minimum Gasteiger partial charge on any atom is -0.292 e. The van der Waals surface area contributed by atoms with Gasteiger partial charge >= 0.3 is 0 Å². The molecule has 4 aromatic rings. The zero-order valence-corrected chi connectivity index (χ0v) is 11.2. The van der Waals surface area contributed by atoms with Gasteiger partial charge in [0, 0.05) is 0 Å². The van der Waals surface area contributed by atoms with Crippen LogP contribution in [0.15, 0.2) is 66.7 Å². The molecule has 20 heavy (non-hydrogen) atoms. The largest absolute Gasteiger partial charge is 0.292 e. The first-order chi connectivity index (χ1) is 9.83. The summed E-state index contributed by atoms with van der Waals surface area (Å²) in [7, 11) is 0. The molecule has 0 bridgehead atoms. The number of rotatable bonds is 1. The molecule has 0 amide bonds. The Morgan fingerprint density at radius 2 is 1.70 bits per heavy atom. The SMILES string of the molecule is Cc1ccc2c(c1)nc1cccc(-c3ccccc3)n12. The summed E-state index contributed by atoms with van der Waals surface area (Å²) in [6.45, 7) is 2.10. The molecule has 2 aromatic carbocycles. The van der Waals surface area contributed by atoms with Crippen molar-refractivity contribution in [3.05, 3.63) is 72.3 Å². The van der Waals surface area contributed by atoms with Crippen LogP contribution in [0.4, 0.5) is 0 Å². The molecule has 2 heterocycles. The van der Waals surface area contributed by atoms with Crippen LogP contribution in [0.3, 0.4) is 0 Å². The fourth-order valence-corrected chi connectivity index (χ4v) is 2.71. The molecule has 0 aliphatic rings. The molecule has 0 unspecified atom stereocenters. The van der Waals surface area contributed by atoms with E-state index in [9.17, 15) is 0 Å². The molecule has 2 aromatic heterocycles. The van der Waals surface area contributed by atoms with Crippen LogP contribution in [0.1, 0.15) is 5.56 Å². The van der Waals surface area contributed by atoms with E-state index in [1.54, 1.807) is 0 Å². The number of aromatic nitrogens is 2. The second-order valence-electron chi connectivity index (χ2n) is 5.07. The van der Waals surface area contributed by atoms with Crippen LogP contribution < -0.4 is 0 Å². The van der Waals surface area contributed by atoms with Crippen LogP contribution in [0, 0.1) is 6.92 Å². The molecular weight excluding hydrogens is 244 g/mol. The van der Waals surface area contributed by atoms with Gasteiger partial charge in [0.15, 0.2) is 0 Å². The molecule has 96 valence electrons. The fraction of sp³-hybridized carbons (Fsp3) is 0.0556. The molecule has 0 spiro atoms. The molecule has 0 saturated carbocycles. The van der Waals surface area contributed by atoms with Crippen LogP contribution in [0.25, 0.3) is 27.9 Å². The summed E-state index contributed by atoms with van der Waals surface area (Å²) in [6, 6.07) is 23.1. The maximum absolute atomic E-state index is 4.73. The van der Waals surface area contributed by atoms with Crippen molar-refractivity contribution in [3.63, 3.8) is 0 Å². The average Bonchev–Trinajstić information content (AvgIpc) is 2.85. The monoisotopic (exact) mass is 258 g/mol. The van der Waals surface area contributed by atoms with Gasteiger partial charge < -0.3 is 0 Å². The van der Waals surface area contributed by atoms with Crippen molar-refractivity contribution in [2.75, 3.05) is 0 Å². The number of benzene rings is 2. The van der Waals surface area contributed by atoms with Gasteiger partial charge in [-0.1, -0.05) is 42.5 Å². The summed E-state index contributed by atoms with van der Waals surface area (Å²) in [5, 5.41) is 0. The van der Waals surface area contributed by atoms with Crippen molar-refractivity contribution in [3.8, 4) is 11.3 Å². The molecule has 0 atom stereocenters. The Morgan fingerprint density at radius 1 is 0.850 bits per heavy atom. The lowest BCUT2D eigenvalue weighted by molar-refractivity contribution is 1.23. The lowest BCUT2D eigenvalue weighted by Gasteiger charge is -2.06. The second kappa shape index (κ2) is 4.20. The smallest absolute Gasteiger partial charge is 0.138 e. The Hall–Kier alpha value is -2.61. The zero-order chi connectivity index (χ0) is 13.5. The lowest BCUT2D eigenvalue weighted by atomic mass is 10.1. The number of imidazole rings is 1. The summed E-state index contributed by atoms with van der Waals surface area (Å²) in [5.74, 6) is 0. The molecule has 0 N–H and O–H groups in total. The van der Waals surface area contributed by atoms with Gasteiger partial charge in [-0.25, -0.2) is 4.98 Å². The first-order valence-corrected chi connectivity index (χ1v) is 6.76. The van der Waals surface area contributed by atoms with Crippen LogP contribution in [-0.4, -0.2) is 9.38 Å². The number of nitrogens with zero attached hydrogens (tertiary/aromatic N) is 2. The van der Waals surface area contributed by atoms with Gasteiger partial charge in [0.25, 0.3) is 0 Å². The molecule has 0 aliphatic heterocycles.